The van der Waals surface area contributed by atoms with Crippen LogP contribution in [0.2, 0.25) is 0 Å². The highest BCUT2D eigenvalue weighted by atomic mass is 16.4. The molecule has 0 bridgehead atoms. The van der Waals surface area contributed by atoms with Crippen LogP contribution >= 0.6 is 0 Å². The van der Waals surface area contributed by atoms with E-state index in [0.717, 1.165) is 6.42 Å². The second kappa shape index (κ2) is 23.6. The smallest absolute Gasteiger partial charge is 0.322 e. The summed E-state index contributed by atoms with van der Waals surface area (Å²) in [6, 6.07) is -2.64. The Morgan fingerprint density at radius 1 is 0.879 bits per heavy atom. The fourth-order valence-corrected chi connectivity index (χ4v) is 1.22. The minimum Gasteiger partial charge on any atom is -0.480 e. The Morgan fingerprint density at radius 3 is 1.48 bits per heavy atom. The summed E-state index contributed by atoms with van der Waals surface area (Å²) in [4.78, 5) is 43.0. The first kappa shape index (κ1) is 37.3. The van der Waals surface area contributed by atoms with Crippen molar-refractivity contribution in [1.82, 2.24) is 0 Å². The summed E-state index contributed by atoms with van der Waals surface area (Å²) in [6.45, 7) is 3.39. The Kier molecular flexibility index (Phi) is 26.7. The van der Waals surface area contributed by atoms with Crippen LogP contribution in [-0.4, -0.2) is 93.2 Å². The predicted octanol–water partition coefficient (Wildman–Crippen LogP) is -3.68. The van der Waals surface area contributed by atoms with E-state index in [1.165, 1.54) is 0 Å². The van der Waals surface area contributed by atoms with Crippen LogP contribution in [0.25, 0.3) is 0 Å². The Hall–Kier alpha value is -3.05. The fourth-order valence-electron chi connectivity index (χ4n) is 1.22. The molecule has 0 spiro atoms. The maximum Gasteiger partial charge on any atom is 0.322 e. The molecule has 0 aliphatic rings. The molecule has 16 heteroatoms. The third-order valence-electron chi connectivity index (χ3n) is 3.52. The molecule has 0 unspecified atom stereocenters. The molecule has 0 amide bonds. The highest BCUT2D eigenvalue weighted by Crippen LogP contribution is 2.04. The van der Waals surface area contributed by atoms with Crippen LogP contribution in [0.4, 0.5) is 0 Å². The van der Waals surface area contributed by atoms with E-state index in [2.05, 4.69) is 10.7 Å². The van der Waals surface area contributed by atoms with Crippen molar-refractivity contribution in [3.05, 3.63) is 0 Å². The van der Waals surface area contributed by atoms with E-state index in [4.69, 9.17) is 54.2 Å². The number of guanidine groups is 1. The van der Waals surface area contributed by atoms with Crippen molar-refractivity contribution in [2.45, 2.75) is 51.2 Å². The zero-order valence-electron chi connectivity index (χ0n) is 18.8. The Balaban J connectivity index is -0.000000178. The topological polar surface area (TPSA) is 338 Å². The van der Waals surface area contributed by atoms with Gasteiger partial charge in [-0.1, -0.05) is 20.3 Å². The third-order valence-corrected chi connectivity index (χ3v) is 3.52. The van der Waals surface area contributed by atoms with Gasteiger partial charge in [0.1, 0.15) is 18.1 Å². The zero-order valence-corrected chi connectivity index (χ0v) is 18.8. The molecule has 0 saturated heterocycles. The second-order valence-electron chi connectivity index (χ2n) is 6.37. The first-order chi connectivity index (χ1) is 15.1. The third kappa shape index (κ3) is 31.2. The molecule has 0 rings (SSSR count). The minimum atomic E-state index is -1.18. The zero-order chi connectivity index (χ0) is 27.1. The van der Waals surface area contributed by atoms with Crippen LogP contribution in [0.1, 0.15) is 33.1 Å². The Bertz CT molecular complexity index is 587. The standard InChI is InChI=1S/C6H14N4O2.C6H13NO2.C3H7NO3.C2H5NO2/c7-4(5(11)12)2-1-3-10-6(8)9;1-3-4(2)5(7)6(8)9;4-2(1-5)3(6)7;3-1-2(4)5/h4H,1-3,7H2,(H,11,12)(H4,8,9,10);4-5H,3,7H2,1-2H3,(H,8,9);2,5H,1,4H2,(H,6,7);1,3H2,(H,4,5)/t4-;4-,5-;2-;/m000./s1. The van der Waals surface area contributed by atoms with Gasteiger partial charge < -0.3 is 59.9 Å². The van der Waals surface area contributed by atoms with Crippen molar-refractivity contribution in [3.63, 3.8) is 0 Å². The summed E-state index contributed by atoms with van der Waals surface area (Å²) >= 11 is 0. The van der Waals surface area contributed by atoms with Crippen LogP contribution in [0.3, 0.4) is 0 Å². The molecular formula is C17H39N7O9. The molecule has 0 aliphatic carbocycles. The van der Waals surface area contributed by atoms with Gasteiger partial charge in [0, 0.05) is 6.54 Å². The van der Waals surface area contributed by atoms with Crippen LogP contribution < -0.4 is 34.4 Å². The van der Waals surface area contributed by atoms with Gasteiger partial charge in [0.15, 0.2) is 5.96 Å². The summed E-state index contributed by atoms with van der Waals surface area (Å²) in [6.07, 6.45) is 1.77. The average Bonchev–Trinajstić information content (AvgIpc) is 2.75. The number of aliphatic carboxylic acids is 4. The van der Waals surface area contributed by atoms with E-state index < -0.39 is 48.6 Å². The molecule has 4 atom stereocenters. The molecule has 0 aromatic rings. The van der Waals surface area contributed by atoms with Crippen molar-refractivity contribution in [3.8, 4) is 0 Å². The van der Waals surface area contributed by atoms with Gasteiger partial charge in [0.2, 0.25) is 0 Å². The number of rotatable bonds is 11. The van der Waals surface area contributed by atoms with Crippen molar-refractivity contribution < 1.29 is 44.7 Å². The lowest BCUT2D eigenvalue weighted by Crippen LogP contribution is -2.36. The number of aliphatic hydroxyl groups excluding tert-OH is 1. The first-order valence-electron chi connectivity index (χ1n) is 9.61. The van der Waals surface area contributed by atoms with Gasteiger partial charge in [-0.05, 0) is 18.8 Å². The van der Waals surface area contributed by atoms with Crippen LogP contribution in [0, 0.1) is 5.92 Å². The monoisotopic (exact) mass is 485 g/mol. The molecule has 0 fully saturated rings. The van der Waals surface area contributed by atoms with Crippen LogP contribution in [0.15, 0.2) is 4.99 Å². The van der Waals surface area contributed by atoms with E-state index in [0.29, 0.717) is 19.4 Å². The molecule has 0 aromatic carbocycles. The quantitative estimate of drug-likeness (QED) is 0.0761. The SMILES string of the molecule is CC[C@H](C)[C@H](N)C(=O)O.NC(N)=NCCC[C@H](N)C(=O)O.NCC(=O)O.N[C@@H](CO)C(=O)O. The van der Waals surface area contributed by atoms with E-state index in [-0.39, 0.29) is 18.4 Å². The number of aliphatic imine (C=N–C) groups is 1. The highest BCUT2D eigenvalue weighted by molar-refractivity contribution is 5.75. The normalized spacial score (nSPS) is 12.9. The number of nitrogens with two attached hydrogens (primary N) is 6. The van der Waals surface area contributed by atoms with Gasteiger partial charge in [-0.25, -0.2) is 0 Å². The number of carbonyl (C=O) groups is 4. The molecule has 0 saturated carbocycles. The Morgan fingerprint density at radius 2 is 1.30 bits per heavy atom. The van der Waals surface area contributed by atoms with Gasteiger partial charge in [-0.15, -0.1) is 0 Å². The molecule has 16 nitrogen and oxygen atoms in total. The highest BCUT2D eigenvalue weighted by Gasteiger charge is 2.17. The van der Waals surface area contributed by atoms with Crippen LogP contribution in [-0.2, 0) is 19.2 Å². The predicted molar refractivity (Wildman–Crippen MR) is 120 cm³/mol. The number of hydrogen-bond acceptors (Lipinski definition) is 10. The number of nitrogens with zero attached hydrogens (tertiary/aromatic N) is 1. The van der Waals surface area contributed by atoms with Crippen molar-refractivity contribution >= 4 is 29.8 Å². The van der Waals surface area contributed by atoms with E-state index in [1.807, 2.05) is 13.8 Å². The summed E-state index contributed by atoms with van der Waals surface area (Å²) in [5.41, 5.74) is 29.9. The van der Waals surface area contributed by atoms with Crippen molar-refractivity contribution in [1.29, 1.82) is 0 Å². The fraction of sp³-hybridized carbons (Fsp3) is 0.706. The lowest BCUT2D eigenvalue weighted by atomic mass is 10.0. The second-order valence-corrected chi connectivity index (χ2v) is 6.37. The first-order valence-corrected chi connectivity index (χ1v) is 9.61. The Labute approximate surface area is 191 Å². The summed E-state index contributed by atoms with van der Waals surface area (Å²) in [5, 5.41) is 40.2. The number of carboxylic acids is 4. The van der Waals surface area contributed by atoms with Crippen molar-refractivity contribution in [2.24, 2.45) is 45.3 Å². The summed E-state index contributed by atoms with van der Waals surface area (Å²) in [7, 11) is 0. The summed E-state index contributed by atoms with van der Waals surface area (Å²) in [5.74, 6) is -3.97. The van der Waals surface area contributed by atoms with Gasteiger partial charge in [-0.2, -0.15) is 0 Å². The molecule has 17 N–H and O–H groups in total. The molecule has 0 aliphatic heterocycles. The molecule has 196 valence electrons. The van der Waals surface area contributed by atoms with E-state index in [1.54, 1.807) is 0 Å². The lowest BCUT2D eigenvalue weighted by molar-refractivity contribution is -0.140. The van der Waals surface area contributed by atoms with Gasteiger partial charge >= 0.3 is 23.9 Å². The molecule has 0 aromatic heterocycles. The van der Waals surface area contributed by atoms with E-state index >= 15 is 0 Å². The van der Waals surface area contributed by atoms with E-state index in [9.17, 15) is 19.2 Å². The maximum atomic E-state index is 10.2. The average molecular weight is 486 g/mol. The summed E-state index contributed by atoms with van der Waals surface area (Å²) < 4.78 is 0. The molecule has 33 heavy (non-hydrogen) atoms. The van der Waals surface area contributed by atoms with Gasteiger partial charge in [-0.3, -0.25) is 24.2 Å². The maximum absolute atomic E-state index is 10.2. The molecular weight excluding hydrogens is 446 g/mol. The number of hydrogen-bond donors (Lipinski definition) is 11. The lowest BCUT2D eigenvalue weighted by Gasteiger charge is -2.11. The number of aliphatic hydroxyl groups is 1. The number of carboxylic acid groups (broad SMARTS) is 4. The largest absolute Gasteiger partial charge is 0.480 e. The van der Waals surface area contributed by atoms with Gasteiger partial charge in [0.25, 0.3) is 0 Å². The minimum absolute atomic E-state index is 0.0129. The van der Waals surface area contributed by atoms with Gasteiger partial charge in [0.05, 0.1) is 13.2 Å². The van der Waals surface area contributed by atoms with Crippen molar-refractivity contribution in [2.75, 3.05) is 19.7 Å². The molecule has 0 heterocycles. The van der Waals surface area contributed by atoms with Crippen LogP contribution in [0.5, 0.6) is 0 Å². The molecule has 0 radical (unpaired) electrons.